The highest BCUT2D eigenvalue weighted by Crippen LogP contribution is 2.38. The smallest absolute Gasteiger partial charge is 0.119 e. The molecule has 2 unspecified atom stereocenters. The van der Waals surface area contributed by atoms with E-state index in [1.807, 2.05) is 30.0 Å². The number of fused-ring (bicyclic) bond motifs is 1. The molecule has 106 valence electrons. The van der Waals surface area contributed by atoms with Crippen molar-refractivity contribution in [2.24, 2.45) is 5.73 Å². The van der Waals surface area contributed by atoms with Gasteiger partial charge in [-0.1, -0.05) is 6.07 Å². The van der Waals surface area contributed by atoms with Crippen molar-refractivity contribution in [1.29, 1.82) is 0 Å². The first kappa shape index (κ1) is 13.6. The van der Waals surface area contributed by atoms with Gasteiger partial charge in [0.2, 0.25) is 0 Å². The van der Waals surface area contributed by atoms with Crippen LogP contribution in [0.15, 0.2) is 41.0 Å². The maximum atomic E-state index is 6.43. The van der Waals surface area contributed by atoms with Crippen LogP contribution in [0.4, 0.5) is 0 Å². The molecule has 1 aromatic heterocycles. The Morgan fingerprint density at radius 3 is 3.05 bits per heavy atom. The van der Waals surface area contributed by atoms with Crippen molar-refractivity contribution in [3.05, 3.63) is 53.5 Å². The third-order valence-corrected chi connectivity index (χ3v) is 5.24. The monoisotopic (exact) mass is 289 g/mol. The van der Waals surface area contributed by atoms with E-state index >= 15 is 0 Å². The van der Waals surface area contributed by atoms with Crippen LogP contribution in [0.3, 0.4) is 0 Å². The lowest BCUT2D eigenvalue weighted by Gasteiger charge is -2.30. The Labute approximate surface area is 123 Å². The Kier molecular flexibility index (Phi) is 4.03. The molecule has 3 nitrogen and oxygen atoms in total. The van der Waals surface area contributed by atoms with E-state index in [1.165, 1.54) is 11.1 Å². The highest BCUT2D eigenvalue weighted by atomic mass is 32.2. The summed E-state index contributed by atoms with van der Waals surface area (Å²) in [5, 5.41) is 0.445. The number of ether oxygens (including phenoxy) is 1. The first-order chi connectivity index (χ1) is 9.78. The molecule has 1 heterocycles. The quantitative estimate of drug-likeness (QED) is 0.935. The molecule has 0 fully saturated rings. The van der Waals surface area contributed by atoms with Crippen LogP contribution in [0.1, 0.15) is 29.3 Å². The molecule has 0 amide bonds. The minimum atomic E-state index is 0.0876. The average Bonchev–Trinajstić information content (AvgIpc) is 2.99. The Morgan fingerprint density at radius 2 is 2.30 bits per heavy atom. The number of hydrogen-bond acceptors (Lipinski definition) is 4. The van der Waals surface area contributed by atoms with Crippen molar-refractivity contribution in [3.63, 3.8) is 0 Å². The second-order valence-electron chi connectivity index (χ2n) is 5.06. The number of thioether (sulfide) groups is 1. The molecule has 1 aliphatic carbocycles. The Balaban J connectivity index is 1.70. The summed E-state index contributed by atoms with van der Waals surface area (Å²) in [5.41, 5.74) is 9.01. The summed E-state index contributed by atoms with van der Waals surface area (Å²) in [6, 6.07) is 10.3. The number of rotatable bonds is 4. The molecule has 0 radical (unpaired) electrons. The summed E-state index contributed by atoms with van der Waals surface area (Å²) in [6.07, 6.45) is 3.89. The van der Waals surface area contributed by atoms with E-state index in [9.17, 15) is 0 Å². The Bertz CT molecular complexity index is 568. The summed E-state index contributed by atoms with van der Waals surface area (Å²) in [7, 11) is 1.70. The maximum Gasteiger partial charge on any atom is 0.119 e. The van der Waals surface area contributed by atoms with Gasteiger partial charge >= 0.3 is 0 Å². The van der Waals surface area contributed by atoms with Crippen LogP contribution in [-0.2, 0) is 12.2 Å². The molecule has 2 aromatic rings. The first-order valence-electron chi connectivity index (χ1n) is 6.84. The lowest BCUT2D eigenvalue weighted by molar-refractivity contribution is 0.413. The molecular weight excluding hydrogens is 270 g/mol. The second-order valence-corrected chi connectivity index (χ2v) is 6.29. The lowest BCUT2D eigenvalue weighted by atomic mass is 9.87. The fourth-order valence-electron chi connectivity index (χ4n) is 2.70. The third-order valence-electron chi connectivity index (χ3n) is 3.83. The number of furan rings is 1. The zero-order chi connectivity index (χ0) is 13.9. The van der Waals surface area contributed by atoms with E-state index in [0.29, 0.717) is 5.25 Å². The van der Waals surface area contributed by atoms with Crippen LogP contribution in [0.5, 0.6) is 5.75 Å². The Morgan fingerprint density at radius 1 is 1.40 bits per heavy atom. The summed E-state index contributed by atoms with van der Waals surface area (Å²) in [4.78, 5) is 0. The van der Waals surface area contributed by atoms with E-state index in [0.717, 1.165) is 30.1 Å². The molecule has 20 heavy (non-hydrogen) atoms. The number of benzene rings is 1. The van der Waals surface area contributed by atoms with Crippen molar-refractivity contribution < 1.29 is 9.15 Å². The van der Waals surface area contributed by atoms with E-state index in [-0.39, 0.29) is 6.04 Å². The van der Waals surface area contributed by atoms with Crippen LogP contribution in [0.25, 0.3) is 0 Å². The standard InChI is InChI=1S/C16H19NO2S/c1-18-12-5-6-14-11(9-12)4-7-15(16(14)17)20-10-13-3-2-8-19-13/h2-3,5-6,8-9,15-16H,4,7,10,17H2,1H3. The van der Waals surface area contributed by atoms with Crippen LogP contribution >= 0.6 is 11.8 Å². The fraction of sp³-hybridized carbons (Fsp3) is 0.375. The minimum absolute atomic E-state index is 0.0876. The molecule has 2 N–H and O–H groups in total. The summed E-state index contributed by atoms with van der Waals surface area (Å²) in [5.74, 6) is 2.82. The topological polar surface area (TPSA) is 48.4 Å². The van der Waals surface area contributed by atoms with E-state index in [2.05, 4.69) is 12.1 Å². The molecule has 0 saturated carbocycles. The highest BCUT2D eigenvalue weighted by Gasteiger charge is 2.27. The van der Waals surface area contributed by atoms with Crippen LogP contribution in [0.2, 0.25) is 0 Å². The van der Waals surface area contributed by atoms with Crippen molar-refractivity contribution in [3.8, 4) is 5.75 Å². The summed E-state index contributed by atoms with van der Waals surface area (Å²) < 4.78 is 10.7. The van der Waals surface area contributed by atoms with Gasteiger partial charge in [0.15, 0.2) is 0 Å². The van der Waals surface area contributed by atoms with Crippen molar-refractivity contribution in [2.75, 3.05) is 7.11 Å². The zero-order valence-electron chi connectivity index (χ0n) is 11.5. The molecule has 0 bridgehead atoms. The normalized spacial score (nSPS) is 21.5. The Hall–Kier alpha value is -1.39. The zero-order valence-corrected chi connectivity index (χ0v) is 12.4. The molecular formula is C16H19NO2S. The fourth-order valence-corrected chi connectivity index (χ4v) is 3.88. The predicted octanol–water partition coefficient (Wildman–Crippen LogP) is 3.54. The predicted molar refractivity (Wildman–Crippen MR) is 82.0 cm³/mol. The number of aryl methyl sites for hydroxylation is 1. The largest absolute Gasteiger partial charge is 0.497 e. The number of hydrogen-bond donors (Lipinski definition) is 1. The van der Waals surface area contributed by atoms with Gasteiger partial charge in [0, 0.05) is 11.3 Å². The first-order valence-corrected chi connectivity index (χ1v) is 7.89. The van der Waals surface area contributed by atoms with Crippen molar-refractivity contribution in [1.82, 2.24) is 0 Å². The van der Waals surface area contributed by atoms with Gasteiger partial charge in [-0.25, -0.2) is 0 Å². The van der Waals surface area contributed by atoms with Crippen LogP contribution in [-0.4, -0.2) is 12.4 Å². The van der Waals surface area contributed by atoms with Gasteiger partial charge in [-0.05, 0) is 48.2 Å². The molecule has 0 saturated heterocycles. The third kappa shape index (κ3) is 2.72. The van der Waals surface area contributed by atoms with E-state index in [1.54, 1.807) is 13.4 Å². The molecule has 0 spiro atoms. The van der Waals surface area contributed by atoms with Gasteiger partial charge in [-0.15, -0.1) is 11.8 Å². The summed E-state index contributed by atoms with van der Waals surface area (Å²) >= 11 is 1.89. The second kappa shape index (κ2) is 5.94. The van der Waals surface area contributed by atoms with Crippen LogP contribution < -0.4 is 10.5 Å². The highest BCUT2D eigenvalue weighted by molar-refractivity contribution is 7.99. The maximum absolute atomic E-state index is 6.43. The van der Waals surface area contributed by atoms with Crippen LogP contribution in [0, 0.1) is 0 Å². The van der Waals surface area contributed by atoms with Gasteiger partial charge in [-0.3, -0.25) is 0 Å². The minimum Gasteiger partial charge on any atom is -0.497 e. The molecule has 4 heteroatoms. The van der Waals surface area contributed by atoms with E-state index < -0.39 is 0 Å². The van der Waals surface area contributed by atoms with Gasteiger partial charge in [0.1, 0.15) is 11.5 Å². The lowest BCUT2D eigenvalue weighted by Crippen LogP contribution is -2.29. The molecule has 1 aromatic carbocycles. The van der Waals surface area contributed by atoms with Gasteiger partial charge < -0.3 is 14.9 Å². The molecule has 3 rings (SSSR count). The SMILES string of the molecule is COc1ccc2c(c1)CCC(SCc1ccco1)C2N. The molecule has 1 aliphatic rings. The van der Waals surface area contributed by atoms with Crippen molar-refractivity contribution >= 4 is 11.8 Å². The van der Waals surface area contributed by atoms with Gasteiger partial charge in [0.05, 0.1) is 19.1 Å². The van der Waals surface area contributed by atoms with E-state index in [4.69, 9.17) is 14.9 Å². The molecule has 2 atom stereocenters. The molecule has 0 aliphatic heterocycles. The summed E-state index contributed by atoms with van der Waals surface area (Å²) in [6.45, 7) is 0. The van der Waals surface area contributed by atoms with Gasteiger partial charge in [0.25, 0.3) is 0 Å². The average molecular weight is 289 g/mol. The number of nitrogens with two attached hydrogens (primary N) is 1. The number of methoxy groups -OCH3 is 1. The van der Waals surface area contributed by atoms with Gasteiger partial charge in [-0.2, -0.15) is 0 Å². The van der Waals surface area contributed by atoms with Crippen molar-refractivity contribution in [2.45, 2.75) is 29.9 Å².